The highest BCUT2D eigenvalue weighted by Gasteiger charge is 2.66. The molecule has 12 nitrogen and oxygen atoms in total. The third-order valence-corrected chi connectivity index (χ3v) is 6.64. The molecule has 14 heteroatoms. The zero-order chi connectivity index (χ0) is 24.7. The first-order valence-corrected chi connectivity index (χ1v) is 12.8. The maximum atomic E-state index is 6.32. The minimum Gasteiger partial charge on any atom is -0.382 e. The summed E-state index contributed by atoms with van der Waals surface area (Å²) in [6, 6.07) is -0.338. The lowest BCUT2D eigenvalue weighted by Crippen LogP contribution is -2.63. The summed E-state index contributed by atoms with van der Waals surface area (Å²) in [7, 11) is 1.64. The van der Waals surface area contributed by atoms with Crippen molar-refractivity contribution in [3.63, 3.8) is 0 Å². The molecule has 0 spiro atoms. The summed E-state index contributed by atoms with van der Waals surface area (Å²) < 4.78 is 56.0. The molecule has 0 amide bonds. The lowest BCUT2D eigenvalue weighted by Gasteiger charge is -2.42. The molecule has 3 aliphatic rings. The standard InChI is InChI=1S/C21H34ClN3O9S/c1-20(2)32-15-14(23-19-24-18(22)25-35-19)17-31-13-21(34-17,16(15)33-20)12-30-11-10-29-9-8-28-7-6-27-5-4-26-3/h14-17H,4-13H2,1-3H3,(H,23,24,25)/t14-,15-,16-,17+,21+/m1/s1. The lowest BCUT2D eigenvalue weighted by atomic mass is 9.88. The fourth-order valence-electron chi connectivity index (χ4n) is 4.22. The average Bonchev–Trinajstić information content (AvgIpc) is 3.51. The van der Waals surface area contributed by atoms with E-state index >= 15 is 0 Å². The average molecular weight is 540 g/mol. The van der Waals surface area contributed by atoms with Crippen LogP contribution in [0, 0.1) is 0 Å². The van der Waals surface area contributed by atoms with Crippen LogP contribution in [0.3, 0.4) is 0 Å². The fraction of sp³-hybridized carbons (Fsp3) is 0.905. The van der Waals surface area contributed by atoms with Gasteiger partial charge in [0.1, 0.15) is 23.9 Å². The molecule has 4 heterocycles. The van der Waals surface area contributed by atoms with Gasteiger partial charge in [-0.1, -0.05) is 0 Å². The SMILES string of the molecule is COCCOCCOCCOCCOC[C@@]12CO[C@@H](O1)[C@H](Nc1nc(Cl)ns1)[C@H]1OC(C)(C)O[C@H]12. The molecule has 1 aromatic rings. The topological polar surface area (TPSA) is 121 Å². The lowest BCUT2D eigenvalue weighted by molar-refractivity contribution is -0.208. The third kappa shape index (κ3) is 7.20. The predicted molar refractivity (Wildman–Crippen MR) is 125 cm³/mol. The van der Waals surface area contributed by atoms with Crippen molar-refractivity contribution in [1.29, 1.82) is 0 Å². The summed E-state index contributed by atoms with van der Waals surface area (Å²) in [6.45, 7) is 8.41. The van der Waals surface area contributed by atoms with Gasteiger partial charge in [-0.3, -0.25) is 0 Å². The molecule has 200 valence electrons. The molecule has 0 radical (unpaired) electrons. The van der Waals surface area contributed by atoms with E-state index in [0.717, 1.165) is 11.5 Å². The van der Waals surface area contributed by atoms with Crippen LogP contribution in [0.15, 0.2) is 0 Å². The molecular weight excluding hydrogens is 506 g/mol. The summed E-state index contributed by atoms with van der Waals surface area (Å²) >= 11 is 7.03. The van der Waals surface area contributed by atoms with Gasteiger partial charge in [0.15, 0.2) is 12.1 Å². The highest BCUT2D eigenvalue weighted by Crippen LogP contribution is 2.47. The second-order valence-electron chi connectivity index (χ2n) is 8.80. The monoisotopic (exact) mass is 539 g/mol. The van der Waals surface area contributed by atoms with Gasteiger partial charge in [0, 0.05) is 18.6 Å². The Labute approximate surface area is 213 Å². The van der Waals surface area contributed by atoms with Crippen LogP contribution in [0.1, 0.15) is 13.8 Å². The zero-order valence-corrected chi connectivity index (χ0v) is 21.8. The summed E-state index contributed by atoms with van der Waals surface area (Å²) in [6.07, 6.45) is -1.27. The van der Waals surface area contributed by atoms with Gasteiger partial charge in [-0.25, -0.2) is 0 Å². The smallest absolute Gasteiger partial charge is 0.236 e. The molecule has 2 bridgehead atoms. The van der Waals surface area contributed by atoms with E-state index in [0.29, 0.717) is 71.2 Å². The van der Waals surface area contributed by atoms with Crippen molar-refractivity contribution >= 4 is 28.3 Å². The van der Waals surface area contributed by atoms with Crippen LogP contribution in [-0.4, -0.2) is 118 Å². The predicted octanol–water partition coefficient (Wildman–Crippen LogP) is 1.33. The molecular formula is C21H34ClN3O9S. The molecule has 3 aliphatic heterocycles. The van der Waals surface area contributed by atoms with E-state index in [2.05, 4.69) is 14.7 Å². The van der Waals surface area contributed by atoms with Gasteiger partial charge < -0.3 is 47.9 Å². The molecule has 0 saturated carbocycles. The maximum absolute atomic E-state index is 6.32. The Kier molecular flexibility index (Phi) is 9.91. The number of anilines is 1. The molecule has 35 heavy (non-hydrogen) atoms. The van der Waals surface area contributed by atoms with E-state index in [4.69, 9.17) is 54.2 Å². The van der Waals surface area contributed by atoms with Gasteiger partial charge >= 0.3 is 0 Å². The van der Waals surface area contributed by atoms with E-state index in [9.17, 15) is 0 Å². The number of aromatic nitrogens is 2. The van der Waals surface area contributed by atoms with Crippen LogP contribution >= 0.6 is 23.1 Å². The zero-order valence-electron chi connectivity index (χ0n) is 20.2. The Bertz CT molecular complexity index is 791. The van der Waals surface area contributed by atoms with Crippen LogP contribution < -0.4 is 5.32 Å². The van der Waals surface area contributed by atoms with Crippen molar-refractivity contribution in [1.82, 2.24) is 9.36 Å². The molecule has 0 aliphatic carbocycles. The van der Waals surface area contributed by atoms with Crippen LogP contribution in [0.2, 0.25) is 5.28 Å². The van der Waals surface area contributed by atoms with E-state index in [1.165, 1.54) is 0 Å². The minimum atomic E-state index is -0.772. The van der Waals surface area contributed by atoms with Crippen molar-refractivity contribution in [2.75, 3.05) is 78.5 Å². The molecule has 4 rings (SSSR count). The first-order valence-electron chi connectivity index (χ1n) is 11.6. The number of hydrogen-bond acceptors (Lipinski definition) is 13. The van der Waals surface area contributed by atoms with Gasteiger partial charge in [0.05, 0.1) is 66.1 Å². The van der Waals surface area contributed by atoms with Gasteiger partial charge in [-0.05, 0) is 25.4 Å². The van der Waals surface area contributed by atoms with Crippen molar-refractivity contribution in [3.05, 3.63) is 5.28 Å². The number of nitrogens with one attached hydrogen (secondary N) is 1. The Morgan fingerprint density at radius 3 is 2.26 bits per heavy atom. The van der Waals surface area contributed by atoms with Gasteiger partial charge in [0.2, 0.25) is 10.4 Å². The summed E-state index contributed by atoms with van der Waals surface area (Å²) in [5, 5.41) is 4.04. The number of halogens is 1. The molecule has 1 N–H and O–H groups in total. The first-order chi connectivity index (χ1) is 16.9. The van der Waals surface area contributed by atoms with Crippen molar-refractivity contribution < 1.29 is 42.6 Å². The van der Waals surface area contributed by atoms with Crippen LogP contribution in [0.4, 0.5) is 5.13 Å². The van der Waals surface area contributed by atoms with Crippen molar-refractivity contribution in [3.8, 4) is 0 Å². The van der Waals surface area contributed by atoms with Crippen molar-refractivity contribution in [2.24, 2.45) is 0 Å². The second kappa shape index (κ2) is 12.7. The first kappa shape index (κ1) is 27.3. The highest BCUT2D eigenvalue weighted by atomic mass is 35.5. The number of rotatable bonds is 16. The second-order valence-corrected chi connectivity index (χ2v) is 9.89. The van der Waals surface area contributed by atoms with E-state index in [1.807, 2.05) is 13.8 Å². The Hall–Kier alpha value is -0.710. The largest absolute Gasteiger partial charge is 0.382 e. The van der Waals surface area contributed by atoms with Crippen LogP contribution in [-0.2, 0) is 42.6 Å². The number of nitrogens with zero attached hydrogens (tertiary/aromatic N) is 2. The van der Waals surface area contributed by atoms with Gasteiger partial charge in [-0.15, -0.1) is 0 Å². The van der Waals surface area contributed by atoms with E-state index < -0.39 is 23.8 Å². The highest BCUT2D eigenvalue weighted by molar-refractivity contribution is 7.09. The minimum absolute atomic E-state index is 0.186. The quantitative estimate of drug-likeness (QED) is 0.305. The third-order valence-electron chi connectivity index (χ3n) is 5.72. The number of ether oxygens (including phenoxy) is 9. The molecule has 0 aromatic carbocycles. The summed E-state index contributed by atoms with van der Waals surface area (Å²) in [5.74, 6) is -0.771. The summed E-state index contributed by atoms with van der Waals surface area (Å²) in [4.78, 5) is 4.17. The molecule has 1 aromatic heterocycles. The number of hydrogen-bond donors (Lipinski definition) is 1. The maximum Gasteiger partial charge on any atom is 0.236 e. The number of methoxy groups -OCH3 is 1. The van der Waals surface area contributed by atoms with Gasteiger partial charge in [-0.2, -0.15) is 9.36 Å². The van der Waals surface area contributed by atoms with E-state index in [-0.39, 0.29) is 17.4 Å². The normalized spacial score (nSPS) is 31.1. The Morgan fingerprint density at radius 2 is 1.63 bits per heavy atom. The summed E-state index contributed by atoms with van der Waals surface area (Å²) in [5.41, 5.74) is -0.772. The number of fused-ring (bicyclic) bond motifs is 4. The van der Waals surface area contributed by atoms with Crippen LogP contribution in [0.25, 0.3) is 0 Å². The molecule has 0 unspecified atom stereocenters. The van der Waals surface area contributed by atoms with Gasteiger partial charge in [0.25, 0.3) is 0 Å². The van der Waals surface area contributed by atoms with E-state index in [1.54, 1.807) is 7.11 Å². The van der Waals surface area contributed by atoms with Crippen LogP contribution in [0.5, 0.6) is 0 Å². The molecule has 3 saturated heterocycles. The Morgan fingerprint density at radius 1 is 0.971 bits per heavy atom. The van der Waals surface area contributed by atoms with Crippen molar-refractivity contribution in [2.45, 2.75) is 49.8 Å². The molecule has 3 fully saturated rings. The Balaban J connectivity index is 1.18. The fourth-order valence-corrected chi connectivity index (χ4v) is 4.98. The molecule has 5 atom stereocenters.